The lowest BCUT2D eigenvalue weighted by molar-refractivity contribution is -0.385. The van der Waals surface area contributed by atoms with Crippen LogP contribution in [0.15, 0.2) is 12.3 Å². The minimum Gasteiger partial charge on any atom is -0.327 e. The predicted molar refractivity (Wildman–Crippen MR) is 66.9 cm³/mol. The maximum atomic E-state index is 10.9. The van der Waals surface area contributed by atoms with Gasteiger partial charge in [-0.05, 0) is 19.8 Å². The summed E-state index contributed by atoms with van der Waals surface area (Å²) in [4.78, 5) is 14.8. The molecule has 2 unspecified atom stereocenters. The molecule has 2 N–H and O–H groups in total. The van der Waals surface area contributed by atoms with Gasteiger partial charge < -0.3 is 5.73 Å². The highest BCUT2D eigenvalue weighted by Crippen LogP contribution is 2.28. The highest BCUT2D eigenvalue weighted by Gasteiger charge is 2.24. The van der Waals surface area contributed by atoms with Crippen LogP contribution in [0.4, 0.5) is 5.69 Å². The molecule has 94 valence electrons. The lowest BCUT2D eigenvalue weighted by Gasteiger charge is -2.24. The van der Waals surface area contributed by atoms with Crippen molar-refractivity contribution in [1.82, 2.24) is 4.98 Å². The smallest absolute Gasteiger partial charge is 0.275 e. The van der Waals surface area contributed by atoms with Gasteiger partial charge in [-0.1, -0.05) is 13.8 Å². The predicted octanol–water partition coefficient (Wildman–Crippen LogP) is 2.39. The molecule has 0 bridgehead atoms. The van der Waals surface area contributed by atoms with Crippen LogP contribution in [0.5, 0.6) is 0 Å². The minimum atomic E-state index is -0.376. The van der Waals surface area contributed by atoms with Gasteiger partial charge in [0.1, 0.15) is 0 Å². The van der Waals surface area contributed by atoms with E-state index < -0.39 is 0 Å². The van der Waals surface area contributed by atoms with Crippen LogP contribution in [0.25, 0.3) is 0 Å². The first-order valence-corrected chi connectivity index (χ1v) is 5.71. The van der Waals surface area contributed by atoms with E-state index in [4.69, 9.17) is 5.73 Å². The third kappa shape index (κ3) is 3.00. The van der Waals surface area contributed by atoms with Crippen molar-refractivity contribution in [3.05, 3.63) is 33.6 Å². The van der Waals surface area contributed by atoms with Gasteiger partial charge >= 0.3 is 0 Å². The molecule has 5 heteroatoms. The number of aryl methyl sites for hydroxylation is 1. The van der Waals surface area contributed by atoms with Crippen molar-refractivity contribution >= 4 is 5.69 Å². The summed E-state index contributed by atoms with van der Waals surface area (Å²) in [5.41, 5.74) is 7.31. The summed E-state index contributed by atoms with van der Waals surface area (Å²) in [6, 6.07) is 1.47. The van der Waals surface area contributed by atoms with Gasteiger partial charge in [0.2, 0.25) is 0 Å². The third-order valence-electron chi connectivity index (χ3n) is 2.92. The molecule has 0 aliphatic heterocycles. The molecule has 17 heavy (non-hydrogen) atoms. The second-order valence-corrected chi connectivity index (χ2v) is 4.78. The molecular formula is C12H19N3O2. The maximum Gasteiger partial charge on any atom is 0.275 e. The molecule has 0 saturated heterocycles. The summed E-state index contributed by atoms with van der Waals surface area (Å²) in [5.74, 6) is 0.333. The van der Waals surface area contributed by atoms with Crippen LogP contribution in [0.1, 0.15) is 37.9 Å². The van der Waals surface area contributed by atoms with Crippen molar-refractivity contribution in [1.29, 1.82) is 0 Å². The van der Waals surface area contributed by atoms with Gasteiger partial charge in [-0.15, -0.1) is 0 Å². The van der Waals surface area contributed by atoms with E-state index in [1.807, 2.05) is 20.8 Å². The Labute approximate surface area is 101 Å². The molecular weight excluding hydrogens is 218 g/mol. The van der Waals surface area contributed by atoms with E-state index in [0.29, 0.717) is 17.2 Å². The first-order chi connectivity index (χ1) is 7.84. The molecule has 0 amide bonds. The van der Waals surface area contributed by atoms with E-state index in [0.717, 1.165) is 0 Å². The summed E-state index contributed by atoms with van der Waals surface area (Å²) in [5, 5.41) is 10.9. The molecule has 0 radical (unpaired) electrons. The summed E-state index contributed by atoms with van der Waals surface area (Å²) in [6.07, 6.45) is 1.55. The number of nitrogens with two attached hydrogens (primary N) is 1. The molecule has 0 spiro atoms. The lowest BCUT2D eigenvalue weighted by Crippen LogP contribution is -2.29. The van der Waals surface area contributed by atoms with Crippen LogP contribution in [-0.2, 0) is 0 Å². The zero-order valence-corrected chi connectivity index (χ0v) is 10.7. The number of hydrogen-bond donors (Lipinski definition) is 1. The van der Waals surface area contributed by atoms with Crippen LogP contribution in [0.3, 0.4) is 0 Å². The zero-order valence-electron chi connectivity index (χ0n) is 10.7. The molecule has 0 saturated carbocycles. The molecule has 2 atom stereocenters. The van der Waals surface area contributed by atoms with Crippen LogP contribution in [0.2, 0.25) is 0 Å². The van der Waals surface area contributed by atoms with Crippen molar-refractivity contribution in [2.75, 3.05) is 0 Å². The van der Waals surface area contributed by atoms with Crippen molar-refractivity contribution in [2.24, 2.45) is 11.7 Å². The topological polar surface area (TPSA) is 82.0 Å². The number of nitro groups is 1. The van der Waals surface area contributed by atoms with Gasteiger partial charge in [-0.3, -0.25) is 15.1 Å². The van der Waals surface area contributed by atoms with Gasteiger partial charge in [-0.25, -0.2) is 0 Å². The normalized spacial score (nSPS) is 14.7. The Morgan fingerprint density at radius 2 is 2.00 bits per heavy atom. The van der Waals surface area contributed by atoms with Crippen molar-refractivity contribution < 1.29 is 4.92 Å². The van der Waals surface area contributed by atoms with Gasteiger partial charge in [-0.2, -0.15) is 0 Å². The highest BCUT2D eigenvalue weighted by molar-refractivity contribution is 5.39. The van der Waals surface area contributed by atoms with Gasteiger partial charge in [0.25, 0.3) is 5.69 Å². The lowest BCUT2D eigenvalue weighted by atomic mass is 9.86. The highest BCUT2D eigenvalue weighted by atomic mass is 16.6. The van der Waals surface area contributed by atoms with E-state index in [1.165, 1.54) is 0 Å². The summed E-state index contributed by atoms with van der Waals surface area (Å²) >= 11 is 0. The van der Waals surface area contributed by atoms with Gasteiger partial charge in [0.05, 0.1) is 10.6 Å². The number of pyridine rings is 1. The second kappa shape index (κ2) is 5.23. The molecule has 1 aromatic heterocycles. The molecule has 5 nitrogen and oxygen atoms in total. The largest absolute Gasteiger partial charge is 0.327 e. The Bertz CT molecular complexity index is 408. The molecule has 0 aliphatic carbocycles. The first-order valence-electron chi connectivity index (χ1n) is 5.71. The monoisotopic (exact) mass is 237 g/mol. The zero-order chi connectivity index (χ0) is 13.2. The van der Waals surface area contributed by atoms with Crippen molar-refractivity contribution in [2.45, 2.75) is 39.7 Å². The van der Waals surface area contributed by atoms with Crippen molar-refractivity contribution in [3.63, 3.8) is 0 Å². The first kappa shape index (κ1) is 13.6. The van der Waals surface area contributed by atoms with Gasteiger partial charge in [0, 0.05) is 29.8 Å². The number of nitrogens with zero attached hydrogens (tertiary/aromatic N) is 2. The van der Waals surface area contributed by atoms with Crippen LogP contribution < -0.4 is 5.73 Å². The fourth-order valence-corrected chi connectivity index (χ4v) is 2.13. The van der Waals surface area contributed by atoms with Crippen molar-refractivity contribution in [3.8, 4) is 0 Å². The Kier molecular flexibility index (Phi) is 4.17. The van der Waals surface area contributed by atoms with E-state index in [1.54, 1.807) is 19.2 Å². The summed E-state index contributed by atoms with van der Waals surface area (Å²) < 4.78 is 0. The number of rotatable bonds is 4. The molecule has 0 fully saturated rings. The SMILES string of the molecule is Cc1cnc(C(C(C)C)C(C)N)cc1[N+](=O)[O-]. The van der Waals surface area contributed by atoms with Gasteiger partial charge in [0.15, 0.2) is 0 Å². The number of hydrogen-bond acceptors (Lipinski definition) is 4. The van der Waals surface area contributed by atoms with Crippen LogP contribution in [0, 0.1) is 23.0 Å². The standard InChI is InChI=1S/C12H19N3O2/c1-7(2)12(9(4)13)10-5-11(15(16)17)8(3)6-14-10/h5-7,9,12H,13H2,1-4H3. The number of aromatic nitrogens is 1. The van der Waals surface area contributed by atoms with E-state index in [2.05, 4.69) is 4.98 Å². The molecule has 0 aliphatic rings. The Balaban J connectivity index is 3.22. The average molecular weight is 237 g/mol. The molecule has 0 aromatic carbocycles. The van der Waals surface area contributed by atoms with E-state index in [-0.39, 0.29) is 22.6 Å². The Morgan fingerprint density at radius 1 is 1.41 bits per heavy atom. The summed E-state index contributed by atoms with van der Waals surface area (Å²) in [6.45, 7) is 7.67. The Hall–Kier alpha value is -1.49. The molecule has 1 heterocycles. The van der Waals surface area contributed by atoms with E-state index >= 15 is 0 Å². The quantitative estimate of drug-likeness (QED) is 0.643. The Morgan fingerprint density at radius 3 is 2.41 bits per heavy atom. The summed E-state index contributed by atoms with van der Waals surface area (Å²) in [7, 11) is 0. The second-order valence-electron chi connectivity index (χ2n) is 4.78. The average Bonchev–Trinajstić information content (AvgIpc) is 2.19. The fraction of sp³-hybridized carbons (Fsp3) is 0.583. The fourth-order valence-electron chi connectivity index (χ4n) is 2.13. The maximum absolute atomic E-state index is 10.9. The van der Waals surface area contributed by atoms with Crippen LogP contribution >= 0.6 is 0 Å². The third-order valence-corrected chi connectivity index (χ3v) is 2.92. The molecule has 1 aromatic rings. The van der Waals surface area contributed by atoms with E-state index in [9.17, 15) is 10.1 Å². The van der Waals surface area contributed by atoms with Crippen LogP contribution in [-0.4, -0.2) is 15.9 Å². The minimum absolute atomic E-state index is 0.0364. The molecule has 1 rings (SSSR count).